The molecule has 1 atom stereocenters. The summed E-state index contributed by atoms with van der Waals surface area (Å²) in [5.41, 5.74) is 0. The summed E-state index contributed by atoms with van der Waals surface area (Å²) in [7, 11) is 0.253. The third kappa shape index (κ3) is 3.23. The van der Waals surface area contributed by atoms with E-state index in [1.807, 2.05) is 0 Å². The lowest BCUT2D eigenvalue weighted by Gasteiger charge is -2.20. The van der Waals surface area contributed by atoms with E-state index in [1.54, 1.807) is 20.0 Å². The SMILES string of the molecule is Cc1sc(CO)cc1S(=O)(=O)N(C)CC1CCN(C)C1. The molecule has 1 aromatic rings. The number of aliphatic hydroxyl groups excluding tert-OH is 1. The molecule has 114 valence electrons. The van der Waals surface area contributed by atoms with Gasteiger partial charge in [-0.05, 0) is 38.9 Å². The van der Waals surface area contributed by atoms with E-state index in [9.17, 15) is 8.42 Å². The molecule has 1 aromatic heterocycles. The fourth-order valence-corrected chi connectivity index (χ4v) is 5.37. The zero-order valence-electron chi connectivity index (χ0n) is 12.2. The Labute approximate surface area is 124 Å². The third-order valence-electron chi connectivity index (χ3n) is 3.77. The zero-order valence-corrected chi connectivity index (χ0v) is 13.8. The minimum absolute atomic E-state index is 0.113. The Bertz CT molecular complexity index is 568. The second-order valence-corrected chi connectivity index (χ2v) is 8.85. The van der Waals surface area contributed by atoms with Crippen molar-refractivity contribution in [1.29, 1.82) is 0 Å². The Morgan fingerprint density at radius 1 is 1.55 bits per heavy atom. The summed E-state index contributed by atoms with van der Waals surface area (Å²) in [5, 5.41) is 9.14. The Hall–Kier alpha value is -0.470. The van der Waals surface area contributed by atoms with Gasteiger partial charge in [0.1, 0.15) is 0 Å². The number of aliphatic hydroxyl groups is 1. The Morgan fingerprint density at radius 3 is 2.75 bits per heavy atom. The van der Waals surface area contributed by atoms with Crippen LogP contribution >= 0.6 is 11.3 Å². The summed E-state index contributed by atoms with van der Waals surface area (Å²) in [6.45, 7) is 4.21. The lowest BCUT2D eigenvalue weighted by atomic mass is 10.1. The van der Waals surface area contributed by atoms with Crippen molar-refractivity contribution in [2.24, 2.45) is 5.92 Å². The van der Waals surface area contributed by atoms with Crippen molar-refractivity contribution in [2.45, 2.75) is 24.8 Å². The van der Waals surface area contributed by atoms with Gasteiger partial charge in [0.2, 0.25) is 10.0 Å². The lowest BCUT2D eigenvalue weighted by molar-refractivity contribution is 0.285. The van der Waals surface area contributed by atoms with Crippen molar-refractivity contribution in [2.75, 3.05) is 33.7 Å². The molecule has 1 unspecified atom stereocenters. The second-order valence-electron chi connectivity index (χ2n) is 5.49. The molecule has 7 heteroatoms. The van der Waals surface area contributed by atoms with Gasteiger partial charge in [-0.2, -0.15) is 0 Å². The highest BCUT2D eigenvalue weighted by Gasteiger charge is 2.29. The number of hydrogen-bond donors (Lipinski definition) is 1. The highest BCUT2D eigenvalue weighted by Crippen LogP contribution is 2.28. The van der Waals surface area contributed by atoms with E-state index in [1.165, 1.54) is 15.6 Å². The fraction of sp³-hybridized carbons (Fsp3) is 0.692. The van der Waals surface area contributed by atoms with E-state index >= 15 is 0 Å². The molecule has 0 aromatic carbocycles. The van der Waals surface area contributed by atoms with Crippen LogP contribution in [0.1, 0.15) is 16.2 Å². The number of rotatable bonds is 5. The van der Waals surface area contributed by atoms with Gasteiger partial charge in [0, 0.05) is 29.9 Å². The molecular formula is C13H22N2O3S2. The topological polar surface area (TPSA) is 60.9 Å². The molecule has 20 heavy (non-hydrogen) atoms. The first-order valence-electron chi connectivity index (χ1n) is 6.69. The Morgan fingerprint density at radius 2 is 2.25 bits per heavy atom. The molecule has 1 saturated heterocycles. The Kier molecular flexibility index (Phi) is 4.86. The van der Waals surface area contributed by atoms with Crippen molar-refractivity contribution >= 4 is 21.4 Å². The molecule has 0 amide bonds. The van der Waals surface area contributed by atoms with Crippen LogP contribution in [0.25, 0.3) is 0 Å². The fourth-order valence-electron chi connectivity index (χ4n) is 2.66. The van der Waals surface area contributed by atoms with Gasteiger partial charge >= 0.3 is 0 Å². The third-order valence-corrected chi connectivity index (χ3v) is 6.89. The van der Waals surface area contributed by atoms with Crippen LogP contribution in [0.2, 0.25) is 0 Å². The maximum absolute atomic E-state index is 12.6. The number of sulfonamides is 1. The zero-order chi connectivity index (χ0) is 14.9. The van der Waals surface area contributed by atoms with Crippen molar-refractivity contribution in [3.05, 3.63) is 15.8 Å². The summed E-state index contributed by atoms with van der Waals surface area (Å²) in [5.74, 6) is 0.399. The van der Waals surface area contributed by atoms with E-state index < -0.39 is 10.0 Å². The smallest absolute Gasteiger partial charge is 0.243 e. The number of nitrogens with zero attached hydrogens (tertiary/aromatic N) is 2. The van der Waals surface area contributed by atoms with Crippen LogP contribution in [0.3, 0.4) is 0 Å². The van der Waals surface area contributed by atoms with E-state index in [0.29, 0.717) is 22.2 Å². The van der Waals surface area contributed by atoms with Gasteiger partial charge in [0.05, 0.1) is 11.5 Å². The largest absolute Gasteiger partial charge is 0.391 e. The van der Waals surface area contributed by atoms with Gasteiger partial charge in [-0.1, -0.05) is 0 Å². The van der Waals surface area contributed by atoms with Crippen LogP contribution in [0.5, 0.6) is 0 Å². The maximum Gasteiger partial charge on any atom is 0.243 e. The molecule has 2 heterocycles. The number of hydrogen-bond acceptors (Lipinski definition) is 5. The molecular weight excluding hydrogens is 296 g/mol. The predicted octanol–water partition coefficient (Wildman–Crippen LogP) is 1.12. The van der Waals surface area contributed by atoms with Crippen LogP contribution in [0, 0.1) is 12.8 Å². The molecule has 1 aliphatic heterocycles. The first-order valence-corrected chi connectivity index (χ1v) is 8.95. The van der Waals surface area contributed by atoms with E-state index in [0.717, 1.165) is 24.4 Å². The van der Waals surface area contributed by atoms with Crippen molar-refractivity contribution < 1.29 is 13.5 Å². The highest BCUT2D eigenvalue weighted by atomic mass is 32.2. The first-order chi connectivity index (χ1) is 9.34. The normalized spacial score (nSPS) is 20.9. The van der Waals surface area contributed by atoms with Crippen molar-refractivity contribution in [3.8, 4) is 0 Å². The van der Waals surface area contributed by atoms with Crippen molar-refractivity contribution in [1.82, 2.24) is 9.21 Å². The van der Waals surface area contributed by atoms with Crippen LogP contribution in [0.4, 0.5) is 0 Å². The van der Waals surface area contributed by atoms with Gasteiger partial charge < -0.3 is 10.0 Å². The predicted molar refractivity (Wildman–Crippen MR) is 80.4 cm³/mol. The van der Waals surface area contributed by atoms with Gasteiger partial charge in [0.15, 0.2) is 0 Å². The van der Waals surface area contributed by atoms with E-state index in [2.05, 4.69) is 11.9 Å². The second kappa shape index (κ2) is 6.11. The van der Waals surface area contributed by atoms with Gasteiger partial charge in [-0.25, -0.2) is 12.7 Å². The average Bonchev–Trinajstić information content (AvgIpc) is 2.95. The molecule has 1 fully saturated rings. The van der Waals surface area contributed by atoms with Gasteiger partial charge in [0.25, 0.3) is 0 Å². The first kappa shape index (κ1) is 15.9. The summed E-state index contributed by atoms with van der Waals surface area (Å²) in [6.07, 6.45) is 1.04. The Balaban J connectivity index is 2.14. The molecule has 0 saturated carbocycles. The molecule has 0 aliphatic carbocycles. The summed E-state index contributed by atoms with van der Waals surface area (Å²) in [6, 6.07) is 1.59. The molecule has 5 nitrogen and oxygen atoms in total. The highest BCUT2D eigenvalue weighted by molar-refractivity contribution is 7.89. The van der Waals surface area contributed by atoms with E-state index in [4.69, 9.17) is 5.11 Å². The van der Waals surface area contributed by atoms with Gasteiger partial charge in [-0.15, -0.1) is 11.3 Å². The molecule has 1 aliphatic rings. The summed E-state index contributed by atoms with van der Waals surface area (Å²) >= 11 is 1.34. The molecule has 1 N–H and O–H groups in total. The lowest BCUT2D eigenvalue weighted by Crippen LogP contribution is -2.33. The monoisotopic (exact) mass is 318 g/mol. The summed E-state index contributed by atoms with van der Waals surface area (Å²) < 4.78 is 26.6. The average molecular weight is 318 g/mol. The van der Waals surface area contributed by atoms with Crippen LogP contribution < -0.4 is 0 Å². The van der Waals surface area contributed by atoms with E-state index in [-0.39, 0.29) is 6.61 Å². The van der Waals surface area contributed by atoms with Crippen LogP contribution in [-0.2, 0) is 16.6 Å². The number of aryl methyl sites for hydroxylation is 1. The van der Waals surface area contributed by atoms with Gasteiger partial charge in [-0.3, -0.25) is 0 Å². The van der Waals surface area contributed by atoms with Crippen LogP contribution in [-0.4, -0.2) is 56.5 Å². The minimum Gasteiger partial charge on any atom is -0.391 e. The standard InChI is InChI=1S/C13H22N2O3S2/c1-10-13(6-12(9-16)19-10)20(17,18)15(3)8-11-4-5-14(2)7-11/h6,11,16H,4-5,7-9H2,1-3H3. The van der Waals surface area contributed by atoms with Crippen LogP contribution in [0.15, 0.2) is 11.0 Å². The molecule has 0 bridgehead atoms. The van der Waals surface area contributed by atoms with Crippen molar-refractivity contribution in [3.63, 3.8) is 0 Å². The maximum atomic E-state index is 12.6. The molecule has 0 spiro atoms. The molecule has 0 radical (unpaired) electrons. The molecule has 2 rings (SSSR count). The summed E-state index contributed by atoms with van der Waals surface area (Å²) in [4.78, 5) is 3.99. The number of thiophene rings is 1. The minimum atomic E-state index is -3.45. The quantitative estimate of drug-likeness (QED) is 0.884. The number of likely N-dealkylation sites (tertiary alicyclic amines) is 1.